The van der Waals surface area contributed by atoms with Gasteiger partial charge in [-0.15, -0.1) is 5.06 Å². The second kappa shape index (κ2) is 10.7. The zero-order valence-corrected chi connectivity index (χ0v) is 17.3. The number of carbonyl (C=O) groups excluding carboxylic acids is 2. The van der Waals surface area contributed by atoms with E-state index in [2.05, 4.69) is 15.3 Å². The normalized spacial score (nSPS) is 18.2. The number of nitro benzene ring substituents is 1. The zero-order valence-electron chi connectivity index (χ0n) is 16.5. The van der Waals surface area contributed by atoms with Crippen LogP contribution >= 0.6 is 0 Å². The minimum absolute atomic E-state index is 0.104. The SMILES string of the molecule is [N-]=[N+]=Nc1ccc(NCCCCCC(=O)ON2C(=O)C(S(=O)(=O)O)CC2O)c([N+](=O)[O-])c1. The van der Waals surface area contributed by atoms with Gasteiger partial charge in [0.25, 0.3) is 21.7 Å². The molecule has 1 amide bonds. The molecule has 16 heteroatoms. The first-order chi connectivity index (χ1) is 15.0. The third kappa shape index (κ3) is 6.52. The molecule has 2 atom stereocenters. The number of carbonyl (C=O) groups is 2. The van der Waals surface area contributed by atoms with Crippen molar-refractivity contribution in [2.24, 2.45) is 5.11 Å². The van der Waals surface area contributed by atoms with Crippen LogP contribution in [-0.4, -0.2) is 58.0 Å². The lowest BCUT2D eigenvalue weighted by atomic mass is 10.2. The van der Waals surface area contributed by atoms with Crippen molar-refractivity contribution in [2.75, 3.05) is 11.9 Å². The summed E-state index contributed by atoms with van der Waals surface area (Å²) in [5, 5.41) is 25.4. The summed E-state index contributed by atoms with van der Waals surface area (Å²) in [4.78, 5) is 41.5. The van der Waals surface area contributed by atoms with E-state index in [9.17, 15) is 33.2 Å². The summed E-state index contributed by atoms with van der Waals surface area (Å²) in [7, 11) is -4.73. The Kier molecular flexibility index (Phi) is 8.31. The van der Waals surface area contributed by atoms with Crippen molar-refractivity contribution in [1.82, 2.24) is 5.06 Å². The van der Waals surface area contributed by atoms with Gasteiger partial charge in [0.15, 0.2) is 11.5 Å². The van der Waals surface area contributed by atoms with Crippen LogP contribution in [0.2, 0.25) is 0 Å². The highest BCUT2D eigenvalue weighted by molar-refractivity contribution is 7.87. The Morgan fingerprint density at radius 2 is 2.12 bits per heavy atom. The molecule has 32 heavy (non-hydrogen) atoms. The molecule has 0 aromatic heterocycles. The predicted octanol–water partition coefficient (Wildman–Crippen LogP) is 1.77. The fraction of sp³-hybridized carbons (Fsp3) is 0.500. The van der Waals surface area contributed by atoms with Crippen molar-refractivity contribution in [3.05, 3.63) is 38.8 Å². The van der Waals surface area contributed by atoms with Crippen LogP contribution in [0.1, 0.15) is 32.1 Å². The minimum Gasteiger partial charge on any atom is -0.379 e. The highest BCUT2D eigenvalue weighted by Crippen LogP contribution is 2.29. The van der Waals surface area contributed by atoms with Crippen molar-refractivity contribution in [3.8, 4) is 0 Å². The molecule has 0 aliphatic carbocycles. The molecule has 1 heterocycles. The van der Waals surface area contributed by atoms with E-state index in [0.29, 0.717) is 25.8 Å². The van der Waals surface area contributed by atoms with E-state index >= 15 is 0 Å². The lowest BCUT2D eigenvalue weighted by Gasteiger charge is -2.18. The van der Waals surface area contributed by atoms with Crippen LogP contribution in [0.4, 0.5) is 17.1 Å². The largest absolute Gasteiger partial charge is 0.379 e. The topological polar surface area (TPSA) is 225 Å². The van der Waals surface area contributed by atoms with Gasteiger partial charge < -0.3 is 15.3 Å². The molecule has 0 saturated carbocycles. The van der Waals surface area contributed by atoms with E-state index in [-0.39, 0.29) is 28.5 Å². The van der Waals surface area contributed by atoms with Gasteiger partial charge in [0.2, 0.25) is 0 Å². The number of nitrogens with one attached hydrogen (secondary N) is 1. The van der Waals surface area contributed by atoms with Gasteiger partial charge in [0, 0.05) is 36.1 Å². The molecule has 3 N–H and O–H groups in total. The number of unbranched alkanes of at least 4 members (excludes halogenated alkanes) is 2. The number of amides is 1. The maximum absolute atomic E-state index is 11.9. The van der Waals surface area contributed by atoms with E-state index in [4.69, 9.17) is 14.9 Å². The fourth-order valence-electron chi connectivity index (χ4n) is 2.92. The summed E-state index contributed by atoms with van der Waals surface area (Å²) in [6.07, 6.45) is -1.06. The molecule has 174 valence electrons. The molecule has 0 spiro atoms. The number of benzene rings is 1. The summed E-state index contributed by atoms with van der Waals surface area (Å²) in [6.45, 7) is 0.343. The molecule has 1 aliphatic rings. The monoisotopic (exact) mass is 472 g/mol. The molecule has 1 aromatic rings. The maximum Gasteiger partial charge on any atom is 0.332 e. The lowest BCUT2D eigenvalue weighted by molar-refractivity contribution is -0.383. The van der Waals surface area contributed by atoms with Crippen molar-refractivity contribution in [3.63, 3.8) is 0 Å². The number of aliphatic hydroxyl groups excluding tert-OH is 1. The number of anilines is 1. The molecule has 1 fully saturated rings. The van der Waals surface area contributed by atoms with Gasteiger partial charge in [0.1, 0.15) is 5.69 Å². The minimum atomic E-state index is -4.73. The second-order valence-corrected chi connectivity index (χ2v) is 8.33. The number of rotatable bonds is 11. The summed E-state index contributed by atoms with van der Waals surface area (Å²) in [5.74, 6) is -2.10. The Hall–Kier alpha value is -3.46. The highest BCUT2D eigenvalue weighted by atomic mass is 32.2. The molecule has 1 saturated heterocycles. The number of hydroxylamine groups is 2. The summed E-state index contributed by atoms with van der Waals surface area (Å²) in [6, 6.07) is 3.97. The van der Waals surface area contributed by atoms with Crippen LogP contribution in [0.25, 0.3) is 10.4 Å². The molecule has 2 unspecified atom stereocenters. The second-order valence-electron chi connectivity index (χ2n) is 6.73. The highest BCUT2D eigenvalue weighted by Gasteiger charge is 2.48. The van der Waals surface area contributed by atoms with Crippen molar-refractivity contribution >= 4 is 39.1 Å². The first-order valence-electron chi connectivity index (χ1n) is 9.30. The smallest absolute Gasteiger partial charge is 0.332 e. The van der Waals surface area contributed by atoms with Gasteiger partial charge in [-0.05, 0) is 24.4 Å². The predicted molar refractivity (Wildman–Crippen MR) is 108 cm³/mol. The first kappa shape index (κ1) is 24.8. The van der Waals surface area contributed by atoms with Crippen molar-refractivity contribution in [2.45, 2.75) is 43.6 Å². The van der Waals surface area contributed by atoms with Crippen LogP contribution in [0.15, 0.2) is 23.3 Å². The molecule has 15 nitrogen and oxygen atoms in total. The number of nitro groups is 1. The fourth-order valence-corrected chi connectivity index (χ4v) is 3.69. The lowest BCUT2D eigenvalue weighted by Crippen LogP contribution is -2.38. The van der Waals surface area contributed by atoms with Crippen LogP contribution in [-0.2, 0) is 24.5 Å². The Balaban J connectivity index is 1.74. The van der Waals surface area contributed by atoms with Crippen LogP contribution < -0.4 is 5.32 Å². The van der Waals surface area contributed by atoms with Gasteiger partial charge in [0.05, 0.1) is 4.92 Å². The van der Waals surface area contributed by atoms with Crippen molar-refractivity contribution < 1.29 is 37.4 Å². The summed E-state index contributed by atoms with van der Waals surface area (Å²) in [5.41, 5.74) is 8.49. The Bertz CT molecular complexity index is 1040. The van der Waals surface area contributed by atoms with E-state index in [1.807, 2.05) is 0 Å². The standard InChI is InChI=1S/C16H20N6O9S/c17-20-19-10-5-6-11(12(8-10)22(26)27)18-7-3-1-2-4-15(24)31-21-14(23)9-13(16(21)25)32(28,29)30/h5-6,8,13-14,18,23H,1-4,7,9H2,(H,28,29,30). The van der Waals surface area contributed by atoms with Crippen LogP contribution in [0, 0.1) is 10.1 Å². The molecule has 1 aliphatic heterocycles. The molecular formula is C16H20N6O9S. The van der Waals surface area contributed by atoms with Gasteiger partial charge in [-0.25, -0.2) is 4.79 Å². The number of aliphatic hydroxyl groups is 1. The quantitative estimate of drug-likeness (QED) is 0.0804. The van der Waals surface area contributed by atoms with E-state index in [0.717, 1.165) is 6.07 Å². The molecule has 2 rings (SSSR count). The van der Waals surface area contributed by atoms with Gasteiger partial charge >= 0.3 is 5.97 Å². The summed E-state index contributed by atoms with van der Waals surface area (Å²) < 4.78 is 31.1. The number of nitrogens with zero attached hydrogens (tertiary/aromatic N) is 5. The third-order valence-electron chi connectivity index (χ3n) is 4.46. The maximum atomic E-state index is 11.9. The van der Waals surface area contributed by atoms with E-state index < -0.39 is 44.8 Å². The van der Waals surface area contributed by atoms with Gasteiger partial charge in [-0.1, -0.05) is 17.6 Å². The van der Waals surface area contributed by atoms with Crippen LogP contribution in [0.3, 0.4) is 0 Å². The first-order valence-corrected chi connectivity index (χ1v) is 10.8. The van der Waals surface area contributed by atoms with Gasteiger partial charge in [-0.2, -0.15) is 8.42 Å². The van der Waals surface area contributed by atoms with Gasteiger partial charge in [-0.3, -0.25) is 19.5 Å². The molecule has 1 aromatic carbocycles. The average Bonchev–Trinajstić information content (AvgIpc) is 3.00. The number of azide groups is 1. The Labute approximate surface area is 181 Å². The Morgan fingerprint density at radius 1 is 1.41 bits per heavy atom. The zero-order chi connectivity index (χ0) is 23.9. The van der Waals surface area contributed by atoms with E-state index in [1.54, 1.807) is 0 Å². The van der Waals surface area contributed by atoms with E-state index in [1.165, 1.54) is 12.1 Å². The molecule has 0 radical (unpaired) electrons. The van der Waals surface area contributed by atoms with Crippen molar-refractivity contribution in [1.29, 1.82) is 0 Å². The third-order valence-corrected chi connectivity index (χ3v) is 5.57. The number of hydrogen-bond donors (Lipinski definition) is 3. The average molecular weight is 472 g/mol. The van der Waals surface area contributed by atoms with Crippen LogP contribution in [0.5, 0.6) is 0 Å². The molecular weight excluding hydrogens is 452 g/mol. The summed E-state index contributed by atoms with van der Waals surface area (Å²) >= 11 is 0. The number of hydrogen-bond acceptors (Lipinski definition) is 10. The molecule has 0 bridgehead atoms. The Morgan fingerprint density at radius 3 is 2.72 bits per heavy atom.